The molecule has 0 radical (unpaired) electrons. The topological polar surface area (TPSA) is 41.6 Å². The van der Waals surface area contributed by atoms with Gasteiger partial charge in [-0.25, -0.2) is 0 Å². The third-order valence-electron chi connectivity index (χ3n) is 7.06. The number of hydrogen-bond donors (Lipinski definition) is 1. The van der Waals surface area contributed by atoms with E-state index < -0.39 is 18.1 Å². The Morgan fingerprint density at radius 2 is 1.57 bits per heavy atom. The summed E-state index contributed by atoms with van der Waals surface area (Å²) in [6.07, 6.45) is -1.86. The van der Waals surface area contributed by atoms with Gasteiger partial charge in [0.25, 0.3) is 0 Å². The minimum Gasteiger partial charge on any atom is -0.489 e. The van der Waals surface area contributed by atoms with E-state index in [9.17, 15) is 18.0 Å². The molecule has 196 valence electrons. The lowest BCUT2D eigenvalue weighted by molar-refractivity contribution is -0.190. The Labute approximate surface area is 216 Å². The van der Waals surface area contributed by atoms with E-state index in [-0.39, 0.29) is 18.5 Å². The summed E-state index contributed by atoms with van der Waals surface area (Å²) in [6, 6.07) is 25.6. The Morgan fingerprint density at radius 3 is 2.11 bits per heavy atom. The predicted octanol–water partition coefficient (Wildman–Crippen LogP) is 6.33. The Bertz CT molecular complexity index is 1120. The predicted molar refractivity (Wildman–Crippen MR) is 138 cm³/mol. The van der Waals surface area contributed by atoms with Crippen molar-refractivity contribution in [3.63, 3.8) is 0 Å². The smallest absolute Gasteiger partial charge is 0.471 e. The van der Waals surface area contributed by atoms with Crippen molar-refractivity contribution in [3.8, 4) is 5.75 Å². The number of likely N-dealkylation sites (N-methyl/N-ethyl adjacent to an activating group) is 1. The molecule has 0 heterocycles. The van der Waals surface area contributed by atoms with E-state index >= 15 is 0 Å². The summed E-state index contributed by atoms with van der Waals surface area (Å²) in [7, 11) is 1.72. The van der Waals surface area contributed by atoms with Crippen LogP contribution in [0.25, 0.3) is 0 Å². The summed E-state index contributed by atoms with van der Waals surface area (Å²) in [6.45, 7) is 0.410. The van der Waals surface area contributed by atoms with Crippen molar-refractivity contribution in [3.05, 3.63) is 102 Å². The second-order valence-corrected chi connectivity index (χ2v) is 9.61. The van der Waals surface area contributed by atoms with Gasteiger partial charge >= 0.3 is 12.1 Å². The molecule has 0 saturated heterocycles. The molecule has 0 aromatic heterocycles. The van der Waals surface area contributed by atoms with Gasteiger partial charge < -0.3 is 15.0 Å². The lowest BCUT2D eigenvalue weighted by Crippen LogP contribution is -2.51. The van der Waals surface area contributed by atoms with Crippen molar-refractivity contribution in [2.45, 2.75) is 50.6 Å². The summed E-state index contributed by atoms with van der Waals surface area (Å²) in [5.74, 6) is -1.04. The third kappa shape index (κ3) is 7.13. The number of hydrogen-bond acceptors (Lipinski definition) is 3. The molecule has 7 heteroatoms. The van der Waals surface area contributed by atoms with Crippen molar-refractivity contribution in [2.24, 2.45) is 5.92 Å². The van der Waals surface area contributed by atoms with E-state index in [1.54, 1.807) is 7.05 Å². The van der Waals surface area contributed by atoms with Gasteiger partial charge in [0, 0.05) is 12.6 Å². The van der Waals surface area contributed by atoms with E-state index in [0.29, 0.717) is 13.0 Å². The summed E-state index contributed by atoms with van der Waals surface area (Å²) in [5.41, 5.74) is 2.76. The molecule has 0 spiro atoms. The zero-order valence-electron chi connectivity index (χ0n) is 21.0. The van der Waals surface area contributed by atoms with Crippen LogP contribution in [0.2, 0.25) is 0 Å². The Kier molecular flexibility index (Phi) is 8.87. The highest BCUT2D eigenvalue weighted by molar-refractivity contribution is 5.82. The monoisotopic (exact) mass is 510 g/mol. The van der Waals surface area contributed by atoms with Gasteiger partial charge in [-0.05, 0) is 61.1 Å². The molecule has 0 bridgehead atoms. The van der Waals surface area contributed by atoms with Crippen LogP contribution in [0.1, 0.15) is 42.0 Å². The summed E-state index contributed by atoms with van der Waals surface area (Å²) < 4.78 is 47.1. The fraction of sp³-hybridized carbons (Fsp3) is 0.367. The van der Waals surface area contributed by atoms with Crippen LogP contribution in [-0.2, 0) is 17.8 Å². The molecule has 3 aromatic rings. The molecular weight excluding hydrogens is 477 g/mol. The van der Waals surface area contributed by atoms with E-state index in [1.807, 2.05) is 84.9 Å². The van der Waals surface area contributed by atoms with Gasteiger partial charge in [-0.3, -0.25) is 4.79 Å². The number of benzene rings is 3. The second kappa shape index (κ2) is 12.3. The maximum atomic E-state index is 13.8. The van der Waals surface area contributed by atoms with E-state index in [0.717, 1.165) is 46.6 Å². The lowest BCUT2D eigenvalue weighted by Gasteiger charge is -2.43. The quantitative estimate of drug-likeness (QED) is 0.328. The first kappa shape index (κ1) is 26.7. The molecule has 1 unspecified atom stereocenters. The number of alkyl halides is 3. The van der Waals surface area contributed by atoms with Gasteiger partial charge in [-0.2, -0.15) is 13.2 Å². The molecular formula is C30H33F3N2O2. The average molecular weight is 511 g/mol. The minimum atomic E-state index is -4.94. The molecule has 1 N–H and O–H groups in total. The summed E-state index contributed by atoms with van der Waals surface area (Å²) >= 11 is 0. The normalized spacial score (nSPS) is 15.5. The molecule has 1 aliphatic carbocycles. The zero-order valence-corrected chi connectivity index (χ0v) is 21.0. The maximum Gasteiger partial charge on any atom is 0.471 e. The van der Waals surface area contributed by atoms with Gasteiger partial charge in [0.2, 0.25) is 0 Å². The van der Waals surface area contributed by atoms with Crippen LogP contribution < -0.4 is 10.1 Å². The number of nitrogens with one attached hydrogen (secondary N) is 1. The zero-order chi connectivity index (χ0) is 26.3. The van der Waals surface area contributed by atoms with Crippen molar-refractivity contribution in [2.75, 3.05) is 13.6 Å². The van der Waals surface area contributed by atoms with Gasteiger partial charge in [0.15, 0.2) is 0 Å². The fourth-order valence-corrected chi connectivity index (χ4v) is 4.84. The number of rotatable bonds is 11. The number of nitrogens with zero attached hydrogens (tertiary/aromatic N) is 1. The Hall–Kier alpha value is -3.32. The lowest BCUT2D eigenvalue weighted by atomic mass is 9.76. The van der Waals surface area contributed by atoms with Crippen LogP contribution in [-0.4, -0.2) is 36.6 Å². The van der Waals surface area contributed by atoms with Crippen LogP contribution in [0.5, 0.6) is 5.75 Å². The number of carbonyl (C=O) groups excluding carboxylic acids is 1. The minimum absolute atomic E-state index is 0.0206. The van der Waals surface area contributed by atoms with Crippen molar-refractivity contribution >= 4 is 5.91 Å². The summed E-state index contributed by atoms with van der Waals surface area (Å²) in [4.78, 5) is 13.8. The largest absolute Gasteiger partial charge is 0.489 e. The number of ether oxygens (including phenoxy) is 1. The molecule has 4 rings (SSSR count). The second-order valence-electron chi connectivity index (χ2n) is 9.61. The molecule has 0 aliphatic heterocycles. The molecule has 3 aromatic carbocycles. The molecule has 4 nitrogen and oxygen atoms in total. The molecule has 1 fully saturated rings. The first-order valence-electron chi connectivity index (χ1n) is 12.7. The van der Waals surface area contributed by atoms with Gasteiger partial charge in [0.1, 0.15) is 12.4 Å². The van der Waals surface area contributed by atoms with Crippen molar-refractivity contribution < 1.29 is 22.7 Å². The molecule has 1 amide bonds. The van der Waals surface area contributed by atoms with Crippen LogP contribution in [0.4, 0.5) is 13.2 Å². The van der Waals surface area contributed by atoms with Gasteiger partial charge in [0.05, 0.1) is 6.04 Å². The molecule has 37 heavy (non-hydrogen) atoms. The number of amides is 1. The van der Waals surface area contributed by atoms with Crippen LogP contribution in [0.15, 0.2) is 84.9 Å². The summed E-state index contributed by atoms with van der Waals surface area (Å²) in [5, 5.41) is 3.14. The van der Waals surface area contributed by atoms with Crippen LogP contribution >= 0.6 is 0 Å². The van der Waals surface area contributed by atoms with E-state index in [1.165, 1.54) is 0 Å². The first-order chi connectivity index (χ1) is 17.8. The standard InChI is InChI=1S/C30H33F3N2O2/c1-34-26(19-22-15-17-27(18-16-22)37-21-23-9-4-2-5-10-23)20-35(29(36)30(31,32)33)28(25-13-8-14-25)24-11-6-3-7-12-24/h2-7,9-12,15-18,25-26,28,34H,8,13-14,19-21H2,1H3/t26-,28?/m0/s1. The highest BCUT2D eigenvalue weighted by Crippen LogP contribution is 2.42. The van der Waals surface area contributed by atoms with Crippen LogP contribution in [0.3, 0.4) is 0 Å². The molecule has 1 aliphatic rings. The van der Waals surface area contributed by atoms with E-state index in [2.05, 4.69) is 5.32 Å². The Balaban J connectivity index is 1.48. The number of halogens is 3. The third-order valence-corrected chi connectivity index (χ3v) is 7.06. The average Bonchev–Trinajstić information content (AvgIpc) is 2.88. The Morgan fingerprint density at radius 1 is 0.946 bits per heavy atom. The first-order valence-corrected chi connectivity index (χ1v) is 12.7. The highest BCUT2D eigenvalue weighted by Gasteiger charge is 2.47. The van der Waals surface area contributed by atoms with E-state index in [4.69, 9.17) is 4.74 Å². The van der Waals surface area contributed by atoms with Gasteiger partial charge in [-0.1, -0.05) is 79.2 Å². The van der Waals surface area contributed by atoms with Crippen molar-refractivity contribution in [1.29, 1.82) is 0 Å². The molecule has 2 atom stereocenters. The molecule has 1 saturated carbocycles. The fourth-order valence-electron chi connectivity index (χ4n) is 4.84. The van der Waals surface area contributed by atoms with Crippen LogP contribution in [0, 0.1) is 5.92 Å². The van der Waals surface area contributed by atoms with Gasteiger partial charge in [-0.15, -0.1) is 0 Å². The van der Waals surface area contributed by atoms with Crippen molar-refractivity contribution in [1.82, 2.24) is 10.2 Å². The highest BCUT2D eigenvalue weighted by atomic mass is 19.4. The number of carbonyl (C=O) groups is 1. The maximum absolute atomic E-state index is 13.8. The SMILES string of the molecule is CN[C@@H](Cc1ccc(OCc2ccccc2)cc1)CN(C(=O)C(F)(F)F)C(c1ccccc1)C1CCC1.